The van der Waals surface area contributed by atoms with Crippen LogP contribution in [-0.4, -0.2) is 36.9 Å². The zero-order chi connectivity index (χ0) is 20.9. The first-order valence-electron chi connectivity index (χ1n) is 9.88. The third kappa shape index (κ3) is 3.18. The standard InChI is InChI=1S/C21H25N5O3/c1-11-9-15(19(27)23-13(11)3)21(29)25-8-6-5-7-17(25)16-10-18-22-14(4)12(2)20(28)26(18)24-16/h9-10,17,24H,5-8H2,1-4H3,(H,23,27). The molecule has 1 aliphatic rings. The summed E-state index contributed by atoms with van der Waals surface area (Å²) in [5.41, 5.74) is 3.85. The van der Waals surface area contributed by atoms with Gasteiger partial charge in [0.05, 0.1) is 11.7 Å². The van der Waals surface area contributed by atoms with Crippen LogP contribution in [-0.2, 0) is 0 Å². The first kappa shape index (κ1) is 19.2. The lowest BCUT2D eigenvalue weighted by Gasteiger charge is -2.35. The number of amides is 1. The molecule has 8 nitrogen and oxygen atoms in total. The maximum absolute atomic E-state index is 13.3. The summed E-state index contributed by atoms with van der Waals surface area (Å²) in [6.45, 7) is 7.81. The van der Waals surface area contributed by atoms with Gasteiger partial charge in [-0.05, 0) is 58.6 Å². The van der Waals surface area contributed by atoms with Gasteiger partial charge in [0.1, 0.15) is 5.56 Å². The van der Waals surface area contributed by atoms with E-state index >= 15 is 0 Å². The van der Waals surface area contributed by atoms with Crippen molar-refractivity contribution < 1.29 is 4.79 Å². The maximum atomic E-state index is 13.3. The average molecular weight is 395 g/mol. The number of aromatic nitrogens is 4. The SMILES string of the molecule is Cc1cc(C(=O)N2CCCCC2c2cc3nc(C)c(C)c(=O)n3[nH]2)c(=O)[nH]c1C. The van der Waals surface area contributed by atoms with Crippen LogP contribution in [0, 0.1) is 27.7 Å². The molecule has 1 saturated heterocycles. The highest BCUT2D eigenvalue weighted by Gasteiger charge is 2.31. The van der Waals surface area contributed by atoms with Crippen molar-refractivity contribution in [2.24, 2.45) is 0 Å². The molecule has 0 radical (unpaired) electrons. The van der Waals surface area contributed by atoms with Gasteiger partial charge in [0.15, 0.2) is 5.65 Å². The minimum atomic E-state index is -0.372. The fraction of sp³-hybridized carbons (Fsp3) is 0.429. The van der Waals surface area contributed by atoms with Gasteiger partial charge in [0.25, 0.3) is 17.0 Å². The Hall–Kier alpha value is -3.16. The number of fused-ring (bicyclic) bond motifs is 1. The molecule has 2 N–H and O–H groups in total. The number of aryl methyl sites for hydroxylation is 3. The average Bonchev–Trinajstić information content (AvgIpc) is 3.12. The lowest BCUT2D eigenvalue weighted by Crippen LogP contribution is -2.41. The molecule has 152 valence electrons. The van der Waals surface area contributed by atoms with E-state index in [1.807, 2.05) is 26.8 Å². The number of carbonyl (C=O) groups excluding carboxylic acids is 1. The molecule has 1 unspecified atom stereocenters. The van der Waals surface area contributed by atoms with Crippen LogP contribution in [0.5, 0.6) is 0 Å². The van der Waals surface area contributed by atoms with Crippen molar-refractivity contribution in [2.45, 2.75) is 53.0 Å². The lowest BCUT2D eigenvalue weighted by molar-refractivity contribution is 0.0603. The second-order valence-electron chi connectivity index (χ2n) is 7.86. The van der Waals surface area contributed by atoms with E-state index in [1.165, 1.54) is 4.52 Å². The van der Waals surface area contributed by atoms with E-state index < -0.39 is 0 Å². The quantitative estimate of drug-likeness (QED) is 0.695. The molecule has 0 saturated carbocycles. The highest BCUT2D eigenvalue weighted by molar-refractivity contribution is 5.94. The molecule has 0 spiro atoms. The molecule has 1 atom stereocenters. The summed E-state index contributed by atoms with van der Waals surface area (Å²) in [5, 5.41) is 3.13. The van der Waals surface area contributed by atoms with Crippen molar-refractivity contribution in [1.29, 1.82) is 0 Å². The van der Waals surface area contributed by atoms with Crippen LogP contribution < -0.4 is 11.1 Å². The number of carbonyl (C=O) groups is 1. The molecule has 0 bridgehead atoms. The zero-order valence-electron chi connectivity index (χ0n) is 17.1. The Morgan fingerprint density at radius 3 is 2.66 bits per heavy atom. The van der Waals surface area contributed by atoms with E-state index in [1.54, 1.807) is 17.9 Å². The summed E-state index contributed by atoms with van der Waals surface area (Å²) in [6.07, 6.45) is 2.60. The number of pyridine rings is 1. The Kier molecular flexibility index (Phi) is 4.64. The number of nitrogens with one attached hydrogen (secondary N) is 2. The molecule has 8 heteroatoms. The Labute approximate surface area is 167 Å². The van der Waals surface area contributed by atoms with E-state index in [4.69, 9.17) is 0 Å². The predicted octanol–water partition coefficient (Wildman–Crippen LogP) is 2.31. The fourth-order valence-corrected chi connectivity index (χ4v) is 3.95. The van der Waals surface area contributed by atoms with Gasteiger partial charge in [-0.25, -0.2) is 9.50 Å². The van der Waals surface area contributed by atoms with Crippen molar-refractivity contribution in [1.82, 2.24) is 24.5 Å². The number of H-pyrrole nitrogens is 2. The van der Waals surface area contributed by atoms with Crippen molar-refractivity contribution in [2.75, 3.05) is 6.54 Å². The van der Waals surface area contributed by atoms with Crippen molar-refractivity contribution in [3.05, 3.63) is 66.6 Å². The number of likely N-dealkylation sites (tertiary alicyclic amines) is 1. The molecule has 4 heterocycles. The number of piperidine rings is 1. The summed E-state index contributed by atoms with van der Waals surface area (Å²) >= 11 is 0. The molecule has 29 heavy (non-hydrogen) atoms. The van der Waals surface area contributed by atoms with E-state index in [0.29, 0.717) is 23.4 Å². The number of hydrogen-bond acceptors (Lipinski definition) is 4. The summed E-state index contributed by atoms with van der Waals surface area (Å²) < 4.78 is 1.43. The molecule has 3 aromatic heterocycles. The second-order valence-corrected chi connectivity index (χ2v) is 7.86. The Bertz CT molecular complexity index is 1230. The van der Waals surface area contributed by atoms with E-state index in [-0.39, 0.29) is 28.6 Å². The smallest absolute Gasteiger partial charge is 0.275 e. The van der Waals surface area contributed by atoms with Crippen LogP contribution in [0.4, 0.5) is 0 Å². The molecular formula is C21H25N5O3. The van der Waals surface area contributed by atoms with Gasteiger partial charge in [-0.3, -0.25) is 19.5 Å². The van der Waals surface area contributed by atoms with Gasteiger partial charge in [-0.2, -0.15) is 0 Å². The highest BCUT2D eigenvalue weighted by Crippen LogP contribution is 2.31. The van der Waals surface area contributed by atoms with E-state index in [2.05, 4.69) is 15.1 Å². The van der Waals surface area contributed by atoms with Gasteiger partial charge in [0.2, 0.25) is 0 Å². The first-order valence-corrected chi connectivity index (χ1v) is 9.88. The van der Waals surface area contributed by atoms with Crippen LogP contribution in [0.2, 0.25) is 0 Å². The highest BCUT2D eigenvalue weighted by atomic mass is 16.2. The lowest BCUT2D eigenvalue weighted by atomic mass is 9.98. The monoisotopic (exact) mass is 395 g/mol. The van der Waals surface area contributed by atoms with E-state index in [0.717, 1.165) is 36.2 Å². The Morgan fingerprint density at radius 2 is 1.90 bits per heavy atom. The van der Waals surface area contributed by atoms with Gasteiger partial charge in [-0.1, -0.05) is 0 Å². The first-order chi connectivity index (χ1) is 13.8. The summed E-state index contributed by atoms with van der Waals surface area (Å²) in [5.74, 6) is -0.287. The van der Waals surface area contributed by atoms with Gasteiger partial charge in [0, 0.05) is 29.6 Å². The van der Waals surface area contributed by atoms with Gasteiger partial charge < -0.3 is 9.88 Å². The zero-order valence-corrected chi connectivity index (χ0v) is 17.1. The Morgan fingerprint density at radius 1 is 1.14 bits per heavy atom. The Balaban J connectivity index is 1.77. The minimum absolute atomic E-state index is 0.141. The fourth-order valence-electron chi connectivity index (χ4n) is 3.95. The topological polar surface area (TPSA) is 103 Å². The van der Waals surface area contributed by atoms with Crippen LogP contribution in [0.15, 0.2) is 21.7 Å². The number of nitrogens with zero attached hydrogens (tertiary/aromatic N) is 3. The molecular weight excluding hydrogens is 370 g/mol. The molecule has 3 aromatic rings. The van der Waals surface area contributed by atoms with Crippen LogP contribution in [0.3, 0.4) is 0 Å². The summed E-state index contributed by atoms with van der Waals surface area (Å²) in [4.78, 5) is 47.2. The third-order valence-electron chi connectivity index (χ3n) is 5.95. The van der Waals surface area contributed by atoms with Crippen molar-refractivity contribution in [3.8, 4) is 0 Å². The van der Waals surface area contributed by atoms with Crippen LogP contribution >= 0.6 is 0 Å². The van der Waals surface area contributed by atoms with Crippen molar-refractivity contribution >= 4 is 11.6 Å². The second kappa shape index (κ2) is 7.02. The van der Waals surface area contributed by atoms with Gasteiger partial charge in [-0.15, -0.1) is 0 Å². The molecule has 1 amide bonds. The van der Waals surface area contributed by atoms with Crippen molar-refractivity contribution in [3.63, 3.8) is 0 Å². The van der Waals surface area contributed by atoms with E-state index in [9.17, 15) is 14.4 Å². The third-order valence-corrected chi connectivity index (χ3v) is 5.95. The molecule has 1 fully saturated rings. The normalized spacial score (nSPS) is 17.1. The number of hydrogen-bond donors (Lipinski definition) is 2. The molecule has 0 aromatic carbocycles. The summed E-state index contributed by atoms with van der Waals surface area (Å²) in [6, 6.07) is 3.25. The minimum Gasteiger partial charge on any atom is -0.330 e. The molecule has 1 aliphatic heterocycles. The molecule has 4 rings (SSSR count). The van der Waals surface area contributed by atoms with Gasteiger partial charge >= 0.3 is 0 Å². The summed E-state index contributed by atoms with van der Waals surface area (Å²) in [7, 11) is 0. The number of aromatic amines is 2. The number of rotatable bonds is 2. The maximum Gasteiger partial charge on any atom is 0.275 e. The van der Waals surface area contributed by atoms with Crippen LogP contribution in [0.25, 0.3) is 5.65 Å². The van der Waals surface area contributed by atoms with Crippen LogP contribution in [0.1, 0.15) is 63.9 Å². The largest absolute Gasteiger partial charge is 0.330 e. The predicted molar refractivity (Wildman–Crippen MR) is 109 cm³/mol. The molecule has 0 aliphatic carbocycles.